The summed E-state index contributed by atoms with van der Waals surface area (Å²) >= 11 is 3.50. The number of halogens is 1. The van der Waals surface area contributed by atoms with E-state index in [2.05, 4.69) is 15.9 Å². The summed E-state index contributed by atoms with van der Waals surface area (Å²) in [6.45, 7) is 3.15. The van der Waals surface area contributed by atoms with Crippen LogP contribution in [0.1, 0.15) is 36.8 Å². The van der Waals surface area contributed by atoms with E-state index in [4.69, 9.17) is 9.47 Å². The number of ether oxygens (including phenoxy) is 2. The molecule has 108 valence electrons. The molecule has 1 saturated carbocycles. The summed E-state index contributed by atoms with van der Waals surface area (Å²) in [7, 11) is 0. The SMILES string of the molecule is Cc1c(C2(C(=O)O)CCC2)cc(Br)c2c1OCCCO2. The van der Waals surface area contributed by atoms with E-state index in [1.807, 2.05) is 13.0 Å². The van der Waals surface area contributed by atoms with E-state index in [1.54, 1.807) is 0 Å². The van der Waals surface area contributed by atoms with E-state index in [-0.39, 0.29) is 0 Å². The van der Waals surface area contributed by atoms with E-state index in [1.165, 1.54) is 0 Å². The van der Waals surface area contributed by atoms with Crippen molar-refractivity contribution in [3.8, 4) is 11.5 Å². The van der Waals surface area contributed by atoms with Crippen LogP contribution in [0.3, 0.4) is 0 Å². The van der Waals surface area contributed by atoms with Crippen molar-refractivity contribution in [2.45, 2.75) is 38.0 Å². The summed E-state index contributed by atoms with van der Waals surface area (Å²) in [4.78, 5) is 11.7. The Hall–Kier alpha value is -1.23. The lowest BCUT2D eigenvalue weighted by Gasteiger charge is -2.39. The van der Waals surface area contributed by atoms with Crippen LogP contribution in [-0.4, -0.2) is 24.3 Å². The number of rotatable bonds is 2. The van der Waals surface area contributed by atoms with E-state index < -0.39 is 11.4 Å². The predicted molar refractivity (Wildman–Crippen MR) is 77.7 cm³/mol. The van der Waals surface area contributed by atoms with Crippen LogP contribution in [-0.2, 0) is 10.2 Å². The first-order chi connectivity index (χ1) is 9.56. The normalized spacial score (nSPS) is 19.9. The van der Waals surface area contributed by atoms with Crippen LogP contribution in [0.5, 0.6) is 11.5 Å². The van der Waals surface area contributed by atoms with Gasteiger partial charge in [0, 0.05) is 6.42 Å². The summed E-state index contributed by atoms with van der Waals surface area (Å²) in [5, 5.41) is 9.62. The maximum absolute atomic E-state index is 11.7. The average molecular weight is 341 g/mol. The van der Waals surface area contributed by atoms with Crippen molar-refractivity contribution in [1.29, 1.82) is 0 Å². The monoisotopic (exact) mass is 340 g/mol. The Labute approximate surface area is 126 Å². The van der Waals surface area contributed by atoms with Crippen LogP contribution < -0.4 is 9.47 Å². The van der Waals surface area contributed by atoms with Crippen LogP contribution in [0.2, 0.25) is 0 Å². The van der Waals surface area contributed by atoms with E-state index in [9.17, 15) is 9.90 Å². The molecular formula is C15H17BrO4. The minimum absolute atomic E-state index is 0.601. The van der Waals surface area contributed by atoms with Gasteiger partial charge in [-0.25, -0.2) is 0 Å². The van der Waals surface area contributed by atoms with Crippen molar-refractivity contribution >= 4 is 21.9 Å². The molecule has 1 fully saturated rings. The number of aliphatic carboxylic acids is 1. The lowest BCUT2D eigenvalue weighted by atomic mass is 9.63. The molecular weight excluding hydrogens is 324 g/mol. The smallest absolute Gasteiger partial charge is 0.314 e. The zero-order valence-corrected chi connectivity index (χ0v) is 13.0. The fraction of sp³-hybridized carbons (Fsp3) is 0.533. The summed E-state index contributed by atoms with van der Waals surface area (Å²) in [5.41, 5.74) is 0.997. The van der Waals surface area contributed by atoms with Gasteiger partial charge in [0.2, 0.25) is 0 Å². The Morgan fingerprint density at radius 1 is 1.25 bits per heavy atom. The largest absolute Gasteiger partial charge is 0.489 e. The molecule has 20 heavy (non-hydrogen) atoms. The van der Waals surface area contributed by atoms with Crippen LogP contribution in [0.4, 0.5) is 0 Å². The highest BCUT2D eigenvalue weighted by molar-refractivity contribution is 9.10. The molecule has 1 aliphatic heterocycles. The molecule has 1 aliphatic carbocycles. The zero-order valence-electron chi connectivity index (χ0n) is 11.4. The number of hydrogen-bond donors (Lipinski definition) is 1. The molecule has 0 bridgehead atoms. The summed E-state index contributed by atoms with van der Waals surface area (Å²) in [6.07, 6.45) is 3.17. The highest BCUT2D eigenvalue weighted by atomic mass is 79.9. The highest BCUT2D eigenvalue weighted by Crippen LogP contribution is 2.51. The maximum Gasteiger partial charge on any atom is 0.314 e. The number of hydrogen-bond acceptors (Lipinski definition) is 3. The van der Waals surface area contributed by atoms with Crippen molar-refractivity contribution < 1.29 is 19.4 Å². The lowest BCUT2D eigenvalue weighted by molar-refractivity contribution is -0.147. The predicted octanol–water partition coefficient (Wildman–Crippen LogP) is 3.43. The Morgan fingerprint density at radius 3 is 2.45 bits per heavy atom. The van der Waals surface area contributed by atoms with Crippen molar-refractivity contribution in [2.75, 3.05) is 13.2 Å². The van der Waals surface area contributed by atoms with Crippen LogP contribution in [0.25, 0.3) is 0 Å². The Morgan fingerprint density at radius 2 is 1.90 bits per heavy atom. The topological polar surface area (TPSA) is 55.8 Å². The van der Waals surface area contributed by atoms with Gasteiger partial charge in [0.25, 0.3) is 0 Å². The van der Waals surface area contributed by atoms with Gasteiger partial charge >= 0.3 is 5.97 Å². The van der Waals surface area contributed by atoms with Crippen LogP contribution in [0.15, 0.2) is 10.5 Å². The second-order valence-corrected chi connectivity index (χ2v) is 6.33. The second-order valence-electron chi connectivity index (χ2n) is 5.48. The molecule has 5 heteroatoms. The van der Waals surface area contributed by atoms with Gasteiger partial charge in [-0.05, 0) is 52.9 Å². The minimum atomic E-state index is -0.753. The van der Waals surface area contributed by atoms with Gasteiger partial charge in [0.05, 0.1) is 23.1 Å². The first kappa shape index (κ1) is 13.7. The van der Waals surface area contributed by atoms with Crippen molar-refractivity contribution in [2.24, 2.45) is 0 Å². The molecule has 0 aromatic heterocycles. The number of benzene rings is 1. The van der Waals surface area contributed by atoms with E-state index >= 15 is 0 Å². The van der Waals surface area contributed by atoms with Crippen LogP contribution >= 0.6 is 15.9 Å². The number of carboxylic acid groups (broad SMARTS) is 1. The third-order valence-corrected chi connectivity index (χ3v) is 4.94. The van der Waals surface area contributed by atoms with Gasteiger partial charge in [0.1, 0.15) is 0 Å². The zero-order chi connectivity index (χ0) is 14.3. The van der Waals surface area contributed by atoms with E-state index in [0.717, 1.165) is 28.4 Å². The molecule has 1 N–H and O–H groups in total. The van der Waals surface area contributed by atoms with Crippen molar-refractivity contribution in [3.63, 3.8) is 0 Å². The average Bonchev–Trinajstić information content (AvgIpc) is 2.59. The molecule has 0 spiro atoms. The molecule has 0 unspecified atom stereocenters. The first-order valence-corrected chi connectivity index (χ1v) is 7.68. The van der Waals surface area contributed by atoms with E-state index in [0.29, 0.717) is 37.6 Å². The highest BCUT2D eigenvalue weighted by Gasteiger charge is 2.47. The third kappa shape index (κ3) is 1.91. The molecule has 1 aromatic rings. The van der Waals surface area contributed by atoms with Crippen molar-refractivity contribution in [3.05, 3.63) is 21.7 Å². The summed E-state index contributed by atoms with van der Waals surface area (Å²) < 4.78 is 12.3. The fourth-order valence-corrected chi connectivity index (χ4v) is 3.57. The first-order valence-electron chi connectivity index (χ1n) is 6.89. The molecule has 0 atom stereocenters. The molecule has 1 heterocycles. The maximum atomic E-state index is 11.7. The molecule has 4 nitrogen and oxygen atoms in total. The minimum Gasteiger partial charge on any atom is -0.489 e. The fourth-order valence-electron chi connectivity index (χ4n) is 3.04. The Kier molecular flexibility index (Phi) is 3.40. The quantitative estimate of drug-likeness (QED) is 0.896. The molecule has 3 rings (SSSR count). The number of fused-ring (bicyclic) bond motifs is 1. The van der Waals surface area contributed by atoms with Crippen LogP contribution in [0, 0.1) is 6.92 Å². The second kappa shape index (κ2) is 4.95. The third-order valence-electron chi connectivity index (χ3n) is 4.35. The van der Waals surface area contributed by atoms with Gasteiger partial charge in [-0.15, -0.1) is 0 Å². The van der Waals surface area contributed by atoms with Crippen molar-refractivity contribution in [1.82, 2.24) is 0 Å². The van der Waals surface area contributed by atoms with Gasteiger partial charge in [-0.3, -0.25) is 4.79 Å². The Balaban J connectivity index is 2.16. The molecule has 1 aromatic carbocycles. The standard InChI is InChI=1S/C15H17BrO4/c1-9-10(15(14(17)18)4-2-5-15)8-11(16)13-12(9)19-6-3-7-20-13/h8H,2-7H2,1H3,(H,17,18). The van der Waals surface area contributed by atoms with Gasteiger partial charge in [-0.2, -0.15) is 0 Å². The summed E-state index contributed by atoms with van der Waals surface area (Å²) in [6, 6.07) is 1.90. The molecule has 2 aliphatic rings. The number of carboxylic acids is 1. The molecule has 0 radical (unpaired) electrons. The Bertz CT molecular complexity index is 563. The van der Waals surface area contributed by atoms with Gasteiger partial charge < -0.3 is 14.6 Å². The lowest BCUT2D eigenvalue weighted by Crippen LogP contribution is -2.43. The number of carbonyl (C=O) groups is 1. The van der Waals surface area contributed by atoms with Gasteiger partial charge in [-0.1, -0.05) is 6.42 Å². The molecule has 0 saturated heterocycles. The summed E-state index contributed by atoms with van der Waals surface area (Å²) in [5.74, 6) is 0.649. The molecule has 0 amide bonds. The van der Waals surface area contributed by atoms with Gasteiger partial charge in [0.15, 0.2) is 11.5 Å².